The monoisotopic (exact) mass is 344 g/mol. The first kappa shape index (κ1) is 21.1. The van der Waals surface area contributed by atoms with Crippen molar-refractivity contribution in [3.63, 3.8) is 0 Å². The van der Waals surface area contributed by atoms with Gasteiger partial charge < -0.3 is 8.85 Å². The van der Waals surface area contributed by atoms with Gasteiger partial charge in [0.2, 0.25) is 16.6 Å². The molecule has 124 valence electrons. The molecule has 2 atom stereocenters. The number of hydrogen-bond acceptors (Lipinski definition) is 2. The zero-order valence-corrected chi connectivity index (χ0v) is 18.7. The van der Waals surface area contributed by atoms with E-state index in [0.717, 1.165) is 6.42 Å². The molecule has 0 saturated carbocycles. The summed E-state index contributed by atoms with van der Waals surface area (Å²) in [5.41, 5.74) is 4.39. The summed E-state index contributed by atoms with van der Waals surface area (Å²) in [5.74, 6) is 0. The first-order valence-corrected chi connectivity index (χ1v) is 17.0. The van der Waals surface area contributed by atoms with E-state index in [-0.39, 0.29) is 11.0 Å². The van der Waals surface area contributed by atoms with Crippen LogP contribution >= 0.6 is 0 Å². The lowest BCUT2D eigenvalue weighted by Gasteiger charge is -2.47. The Balaban J connectivity index is 5.33. The molecule has 0 spiro atoms. The van der Waals surface area contributed by atoms with Crippen LogP contribution in [0.1, 0.15) is 27.2 Å². The lowest BCUT2D eigenvalue weighted by Crippen LogP contribution is -2.62. The molecule has 0 radical (unpaired) electrons. The third-order valence-corrected chi connectivity index (χ3v) is 14.6. The number of rotatable bonds is 9. The Labute approximate surface area is 135 Å². The van der Waals surface area contributed by atoms with Gasteiger partial charge in [-0.3, -0.25) is 0 Å². The van der Waals surface area contributed by atoms with Gasteiger partial charge in [-0.15, -0.1) is 13.2 Å². The lowest BCUT2D eigenvalue weighted by molar-refractivity contribution is 0.113. The van der Waals surface area contributed by atoms with Crippen LogP contribution in [0.5, 0.6) is 0 Å². The van der Waals surface area contributed by atoms with Crippen LogP contribution in [-0.4, -0.2) is 35.7 Å². The van der Waals surface area contributed by atoms with Gasteiger partial charge >= 0.3 is 0 Å². The number of hydrogen-bond donors (Lipinski definition) is 0. The lowest BCUT2D eigenvalue weighted by atomic mass is 10.3. The third kappa shape index (κ3) is 5.32. The highest BCUT2D eigenvalue weighted by molar-refractivity contribution is 6.85. The zero-order chi connectivity index (χ0) is 17.1. The molecule has 0 aromatic heterocycles. The highest BCUT2D eigenvalue weighted by atomic mass is 28.4. The predicted molar refractivity (Wildman–Crippen MR) is 103 cm³/mol. The van der Waals surface area contributed by atoms with Crippen LogP contribution in [0, 0.1) is 0 Å². The molecule has 0 heterocycles. The Morgan fingerprint density at radius 1 is 1.05 bits per heavy atom. The Kier molecular flexibility index (Phi) is 7.10. The standard InChI is InChI=1S/C16H36O2Si3/c1-12-16(5,18-20(8,9)14-3)21(10,11)17-15(4)19(6,7)13-2/h13-15H,2-3,12H2,1,4-11H3/t15?,16-/m1/s1. The van der Waals surface area contributed by atoms with Gasteiger partial charge in [-0.1, -0.05) is 31.4 Å². The second kappa shape index (κ2) is 7.08. The second-order valence-electron chi connectivity index (χ2n) is 7.79. The molecule has 1 unspecified atom stereocenters. The third-order valence-electron chi connectivity index (χ3n) is 4.97. The second-order valence-corrected chi connectivity index (χ2v) is 20.8. The van der Waals surface area contributed by atoms with Crippen molar-refractivity contribution in [3.8, 4) is 0 Å². The van der Waals surface area contributed by atoms with Crippen molar-refractivity contribution in [1.82, 2.24) is 0 Å². The van der Waals surface area contributed by atoms with Crippen molar-refractivity contribution in [3.05, 3.63) is 24.6 Å². The molecule has 0 N–H and O–H groups in total. The van der Waals surface area contributed by atoms with Gasteiger partial charge in [0.1, 0.15) is 8.07 Å². The van der Waals surface area contributed by atoms with E-state index in [1.807, 2.05) is 5.70 Å². The van der Waals surface area contributed by atoms with Crippen molar-refractivity contribution < 1.29 is 8.85 Å². The molecule has 0 aliphatic carbocycles. The van der Waals surface area contributed by atoms with Crippen molar-refractivity contribution in [1.29, 1.82) is 0 Å². The van der Waals surface area contributed by atoms with Gasteiger partial charge in [-0.2, -0.15) is 0 Å². The summed E-state index contributed by atoms with van der Waals surface area (Å²) in [6, 6.07) is 0. The van der Waals surface area contributed by atoms with Gasteiger partial charge in [-0.25, -0.2) is 0 Å². The SMILES string of the molecule is C=C[Si](C)(C)O[C@@](C)(CC)[Si](C)(C)OC(C)[Si](C)(C)C=C. The van der Waals surface area contributed by atoms with Gasteiger partial charge in [0, 0.05) is 5.73 Å². The van der Waals surface area contributed by atoms with Crippen LogP contribution in [0.25, 0.3) is 0 Å². The normalized spacial score (nSPS) is 18.0. The quantitative estimate of drug-likeness (QED) is 0.534. The first-order valence-electron chi connectivity index (χ1n) is 7.92. The van der Waals surface area contributed by atoms with Crippen molar-refractivity contribution in [2.24, 2.45) is 0 Å². The topological polar surface area (TPSA) is 18.5 Å². The molecule has 0 aromatic carbocycles. The summed E-state index contributed by atoms with van der Waals surface area (Å²) in [6.45, 7) is 28.2. The van der Waals surface area contributed by atoms with Crippen molar-refractivity contribution >= 4 is 24.7 Å². The first-order chi connectivity index (χ1) is 9.27. The molecule has 0 fully saturated rings. The fourth-order valence-electron chi connectivity index (χ4n) is 2.13. The summed E-state index contributed by atoms with van der Waals surface area (Å²) in [5, 5.41) is -0.184. The molecule has 2 nitrogen and oxygen atoms in total. The minimum absolute atomic E-state index is 0.184. The summed E-state index contributed by atoms with van der Waals surface area (Å²) in [7, 11) is -5.40. The van der Waals surface area contributed by atoms with Crippen LogP contribution in [0.3, 0.4) is 0 Å². The molecule has 0 bridgehead atoms. The molecule has 0 saturated heterocycles. The Morgan fingerprint density at radius 3 is 1.86 bits per heavy atom. The molecular formula is C16H36O2Si3. The Bertz CT molecular complexity index is 378. The summed E-state index contributed by atoms with van der Waals surface area (Å²) < 4.78 is 13.2. The van der Waals surface area contributed by atoms with E-state index >= 15 is 0 Å². The highest BCUT2D eigenvalue weighted by Gasteiger charge is 2.49. The minimum Gasteiger partial charge on any atom is -0.415 e. The fourth-order valence-corrected chi connectivity index (χ4v) is 9.70. The van der Waals surface area contributed by atoms with Crippen molar-refractivity contribution in [2.45, 2.75) is 77.4 Å². The predicted octanol–water partition coefficient (Wildman–Crippen LogP) is 5.22. The molecule has 0 amide bonds. The van der Waals surface area contributed by atoms with Crippen LogP contribution in [-0.2, 0) is 8.85 Å². The van der Waals surface area contributed by atoms with E-state index in [1.54, 1.807) is 0 Å². The van der Waals surface area contributed by atoms with E-state index in [4.69, 9.17) is 8.85 Å². The molecule has 0 rings (SSSR count). The maximum absolute atomic E-state index is 6.63. The fraction of sp³-hybridized carbons (Fsp3) is 0.750. The van der Waals surface area contributed by atoms with Crippen LogP contribution < -0.4 is 0 Å². The van der Waals surface area contributed by atoms with E-state index < -0.39 is 24.7 Å². The van der Waals surface area contributed by atoms with Crippen molar-refractivity contribution in [2.75, 3.05) is 0 Å². The summed E-state index contributed by atoms with van der Waals surface area (Å²) in [6.07, 6.45) is 0.972. The molecule has 21 heavy (non-hydrogen) atoms. The molecule has 0 aliphatic rings. The van der Waals surface area contributed by atoms with Crippen LogP contribution in [0.4, 0.5) is 0 Å². The molecule has 5 heteroatoms. The minimum atomic E-state index is -2.02. The zero-order valence-electron chi connectivity index (χ0n) is 15.7. The van der Waals surface area contributed by atoms with Crippen LogP contribution in [0.2, 0.25) is 39.3 Å². The average Bonchev–Trinajstić information content (AvgIpc) is 2.37. The summed E-state index contributed by atoms with van der Waals surface area (Å²) in [4.78, 5) is 0. The Morgan fingerprint density at radius 2 is 1.52 bits per heavy atom. The largest absolute Gasteiger partial charge is 0.415 e. The van der Waals surface area contributed by atoms with Gasteiger partial charge in [0.05, 0.1) is 5.22 Å². The molecule has 0 aliphatic heterocycles. The van der Waals surface area contributed by atoms with Gasteiger partial charge in [0.15, 0.2) is 0 Å². The van der Waals surface area contributed by atoms with Crippen LogP contribution in [0.15, 0.2) is 24.6 Å². The van der Waals surface area contributed by atoms with Gasteiger partial charge in [0.25, 0.3) is 0 Å². The summed E-state index contributed by atoms with van der Waals surface area (Å²) >= 11 is 0. The maximum atomic E-state index is 6.63. The molecule has 0 aromatic rings. The van der Waals surface area contributed by atoms with E-state index in [2.05, 4.69) is 78.9 Å². The Hall–Kier alpha value is 0.0506. The maximum Gasteiger partial charge on any atom is 0.216 e. The average molecular weight is 345 g/mol. The molecular weight excluding hydrogens is 308 g/mol. The van der Waals surface area contributed by atoms with Gasteiger partial charge in [-0.05, 0) is 46.5 Å². The van der Waals surface area contributed by atoms with E-state index in [1.165, 1.54) is 0 Å². The van der Waals surface area contributed by atoms with E-state index in [0.29, 0.717) is 0 Å². The van der Waals surface area contributed by atoms with E-state index in [9.17, 15) is 0 Å². The smallest absolute Gasteiger partial charge is 0.216 e. The highest BCUT2D eigenvalue weighted by Crippen LogP contribution is 2.34.